The standard InChI is InChI=1S/C22H24N4O/c1-2-5-17(6-3-1)20-15-18(19-7-4-14-26(19)20)22-24-21(27-25-22)9-8-16-10-12-23-13-11-16/h1-3,5-6,10-13,18-20H,4,7-9,14-15H2/t18-,19+,20-/m0/s1. The summed E-state index contributed by atoms with van der Waals surface area (Å²) in [6.07, 6.45) is 8.90. The topological polar surface area (TPSA) is 55.1 Å². The lowest BCUT2D eigenvalue weighted by molar-refractivity contribution is 0.243. The third-order valence-electron chi connectivity index (χ3n) is 6.06. The molecular formula is C22H24N4O. The molecule has 0 bridgehead atoms. The van der Waals surface area contributed by atoms with Crippen molar-refractivity contribution in [2.24, 2.45) is 0 Å². The van der Waals surface area contributed by atoms with E-state index >= 15 is 0 Å². The van der Waals surface area contributed by atoms with Crippen molar-refractivity contribution < 1.29 is 4.52 Å². The van der Waals surface area contributed by atoms with E-state index in [4.69, 9.17) is 9.51 Å². The molecule has 4 heterocycles. The van der Waals surface area contributed by atoms with Crippen LogP contribution in [0.15, 0.2) is 59.4 Å². The van der Waals surface area contributed by atoms with Crippen LogP contribution in [0.5, 0.6) is 0 Å². The zero-order valence-electron chi connectivity index (χ0n) is 15.4. The van der Waals surface area contributed by atoms with Gasteiger partial charge in [-0.2, -0.15) is 4.98 Å². The summed E-state index contributed by atoms with van der Waals surface area (Å²) >= 11 is 0. The number of aromatic nitrogens is 3. The summed E-state index contributed by atoms with van der Waals surface area (Å²) in [7, 11) is 0. The molecular weight excluding hydrogens is 336 g/mol. The first-order valence-electron chi connectivity index (χ1n) is 9.90. The Morgan fingerprint density at radius 2 is 1.89 bits per heavy atom. The Hall–Kier alpha value is -2.53. The molecule has 5 nitrogen and oxygen atoms in total. The van der Waals surface area contributed by atoms with Gasteiger partial charge in [0.05, 0.1) is 0 Å². The van der Waals surface area contributed by atoms with Gasteiger partial charge in [0.2, 0.25) is 5.89 Å². The van der Waals surface area contributed by atoms with Crippen LogP contribution in [0.4, 0.5) is 0 Å². The molecule has 3 atom stereocenters. The van der Waals surface area contributed by atoms with Gasteiger partial charge < -0.3 is 4.52 Å². The molecule has 2 aliphatic heterocycles. The summed E-state index contributed by atoms with van der Waals surface area (Å²) in [5, 5.41) is 4.37. The van der Waals surface area contributed by atoms with Crippen LogP contribution in [-0.2, 0) is 12.8 Å². The second-order valence-corrected chi connectivity index (χ2v) is 7.62. The van der Waals surface area contributed by atoms with E-state index in [0.717, 1.165) is 31.0 Å². The number of fused-ring (bicyclic) bond motifs is 1. The van der Waals surface area contributed by atoms with E-state index in [0.29, 0.717) is 18.0 Å². The molecule has 1 aromatic carbocycles. The molecule has 5 heteroatoms. The van der Waals surface area contributed by atoms with Crippen LogP contribution in [0, 0.1) is 0 Å². The molecule has 2 fully saturated rings. The predicted molar refractivity (Wildman–Crippen MR) is 102 cm³/mol. The van der Waals surface area contributed by atoms with Gasteiger partial charge in [0.1, 0.15) is 0 Å². The van der Waals surface area contributed by atoms with Gasteiger partial charge in [0, 0.05) is 36.8 Å². The molecule has 0 spiro atoms. The zero-order chi connectivity index (χ0) is 18.1. The van der Waals surface area contributed by atoms with Crippen LogP contribution >= 0.6 is 0 Å². The van der Waals surface area contributed by atoms with Crippen LogP contribution in [0.3, 0.4) is 0 Å². The first-order chi connectivity index (χ1) is 13.4. The van der Waals surface area contributed by atoms with E-state index in [-0.39, 0.29) is 0 Å². The molecule has 0 aliphatic carbocycles. The second kappa shape index (κ2) is 7.24. The average Bonchev–Trinajstić information content (AvgIpc) is 3.44. The molecule has 3 aromatic rings. The normalized spacial score (nSPS) is 25.0. The molecule has 138 valence electrons. The van der Waals surface area contributed by atoms with Crippen molar-refractivity contribution in [3.63, 3.8) is 0 Å². The van der Waals surface area contributed by atoms with Gasteiger partial charge in [0.25, 0.3) is 0 Å². The molecule has 27 heavy (non-hydrogen) atoms. The maximum absolute atomic E-state index is 5.59. The van der Waals surface area contributed by atoms with E-state index in [2.05, 4.69) is 45.4 Å². The SMILES string of the molecule is c1ccc([C@@H]2C[C@H](c3noc(CCc4ccncc4)n3)[C@H]3CCCN32)cc1. The third kappa shape index (κ3) is 3.28. The molecule has 5 rings (SSSR count). The molecule has 2 aliphatic rings. The van der Waals surface area contributed by atoms with Gasteiger partial charge in [-0.15, -0.1) is 0 Å². The fraction of sp³-hybridized carbons (Fsp3) is 0.409. The lowest BCUT2D eigenvalue weighted by atomic mass is 9.94. The molecule has 0 amide bonds. The predicted octanol–water partition coefficient (Wildman–Crippen LogP) is 3.94. The number of pyridine rings is 1. The van der Waals surface area contributed by atoms with Gasteiger partial charge in [-0.3, -0.25) is 9.88 Å². The maximum atomic E-state index is 5.59. The van der Waals surface area contributed by atoms with E-state index in [9.17, 15) is 0 Å². The Kier molecular flexibility index (Phi) is 4.46. The summed E-state index contributed by atoms with van der Waals surface area (Å²) in [6, 6.07) is 16.0. The first kappa shape index (κ1) is 16.6. The van der Waals surface area contributed by atoms with Gasteiger partial charge >= 0.3 is 0 Å². The zero-order valence-corrected chi connectivity index (χ0v) is 15.4. The minimum atomic E-state index is 0.371. The number of benzene rings is 1. The van der Waals surface area contributed by atoms with Crippen LogP contribution in [0.2, 0.25) is 0 Å². The monoisotopic (exact) mass is 360 g/mol. The van der Waals surface area contributed by atoms with E-state index in [1.165, 1.54) is 30.5 Å². The quantitative estimate of drug-likeness (QED) is 0.690. The lowest BCUT2D eigenvalue weighted by Crippen LogP contribution is -2.27. The van der Waals surface area contributed by atoms with Crippen molar-refractivity contribution in [3.8, 4) is 0 Å². The summed E-state index contributed by atoms with van der Waals surface area (Å²) in [5.41, 5.74) is 2.66. The van der Waals surface area contributed by atoms with E-state index in [1.54, 1.807) is 0 Å². The van der Waals surface area contributed by atoms with Gasteiger partial charge in [0.15, 0.2) is 5.82 Å². The van der Waals surface area contributed by atoms with Crippen LogP contribution in [0.25, 0.3) is 0 Å². The Balaban J connectivity index is 1.32. The summed E-state index contributed by atoms with van der Waals surface area (Å²) in [5.74, 6) is 2.01. The van der Waals surface area contributed by atoms with Crippen LogP contribution < -0.4 is 0 Å². The van der Waals surface area contributed by atoms with Crippen LogP contribution in [-0.4, -0.2) is 32.6 Å². The number of hydrogen-bond donors (Lipinski definition) is 0. The van der Waals surface area contributed by atoms with Crippen LogP contribution in [0.1, 0.15) is 54.1 Å². The average molecular weight is 360 g/mol. The number of hydrogen-bond acceptors (Lipinski definition) is 5. The highest BCUT2D eigenvalue weighted by Crippen LogP contribution is 2.48. The van der Waals surface area contributed by atoms with E-state index in [1.807, 2.05) is 24.5 Å². The minimum Gasteiger partial charge on any atom is -0.339 e. The fourth-order valence-electron chi connectivity index (χ4n) is 4.77. The largest absolute Gasteiger partial charge is 0.339 e. The number of nitrogens with zero attached hydrogens (tertiary/aromatic N) is 4. The van der Waals surface area contributed by atoms with Crippen molar-refractivity contribution in [1.82, 2.24) is 20.0 Å². The summed E-state index contributed by atoms with van der Waals surface area (Å²) in [6.45, 7) is 1.17. The second-order valence-electron chi connectivity index (χ2n) is 7.62. The van der Waals surface area contributed by atoms with Crippen molar-refractivity contribution >= 4 is 0 Å². The van der Waals surface area contributed by atoms with Crippen molar-refractivity contribution in [2.45, 2.75) is 50.1 Å². The summed E-state index contributed by atoms with van der Waals surface area (Å²) in [4.78, 5) is 11.5. The van der Waals surface area contributed by atoms with Crippen molar-refractivity contribution in [2.75, 3.05) is 6.54 Å². The van der Waals surface area contributed by atoms with Crippen molar-refractivity contribution in [3.05, 3.63) is 77.7 Å². The maximum Gasteiger partial charge on any atom is 0.226 e. The van der Waals surface area contributed by atoms with Crippen molar-refractivity contribution in [1.29, 1.82) is 0 Å². The Bertz CT molecular complexity index is 880. The Morgan fingerprint density at radius 3 is 2.74 bits per heavy atom. The molecule has 0 radical (unpaired) electrons. The molecule has 2 saturated heterocycles. The third-order valence-corrected chi connectivity index (χ3v) is 6.06. The number of rotatable bonds is 5. The Labute approximate surface area is 159 Å². The molecule has 0 unspecified atom stereocenters. The highest BCUT2D eigenvalue weighted by molar-refractivity contribution is 5.24. The fourth-order valence-corrected chi connectivity index (χ4v) is 4.77. The van der Waals surface area contributed by atoms with Gasteiger partial charge in [-0.1, -0.05) is 35.5 Å². The minimum absolute atomic E-state index is 0.371. The first-order valence-corrected chi connectivity index (χ1v) is 9.90. The van der Waals surface area contributed by atoms with Gasteiger partial charge in [-0.05, 0) is 55.5 Å². The Morgan fingerprint density at radius 1 is 1.04 bits per heavy atom. The highest BCUT2D eigenvalue weighted by atomic mass is 16.5. The van der Waals surface area contributed by atoms with E-state index < -0.39 is 0 Å². The highest BCUT2D eigenvalue weighted by Gasteiger charge is 2.46. The summed E-state index contributed by atoms with van der Waals surface area (Å²) < 4.78 is 5.59. The lowest BCUT2D eigenvalue weighted by Gasteiger charge is -2.24. The molecule has 2 aromatic heterocycles. The smallest absolute Gasteiger partial charge is 0.226 e. The number of aryl methyl sites for hydroxylation is 2. The van der Waals surface area contributed by atoms with Gasteiger partial charge in [-0.25, -0.2) is 0 Å². The molecule has 0 N–H and O–H groups in total. The molecule has 0 saturated carbocycles.